The van der Waals surface area contributed by atoms with E-state index in [1.807, 2.05) is 5.38 Å². The first-order chi connectivity index (χ1) is 11.7. The third kappa shape index (κ3) is 4.81. The van der Waals surface area contributed by atoms with Gasteiger partial charge in [0.05, 0.1) is 23.6 Å². The first kappa shape index (κ1) is 17.4. The monoisotopic (exact) mass is 365 g/mol. The fourth-order valence-corrected chi connectivity index (χ4v) is 4.20. The van der Waals surface area contributed by atoms with Gasteiger partial charge in [-0.3, -0.25) is 9.48 Å². The van der Waals surface area contributed by atoms with Gasteiger partial charge >= 0.3 is 0 Å². The van der Waals surface area contributed by atoms with Crippen molar-refractivity contribution < 1.29 is 4.79 Å². The van der Waals surface area contributed by atoms with Crippen molar-refractivity contribution in [1.82, 2.24) is 25.4 Å². The molecule has 2 N–H and O–H groups in total. The molecule has 0 fully saturated rings. The summed E-state index contributed by atoms with van der Waals surface area (Å²) in [6.07, 6.45) is 4.31. The van der Waals surface area contributed by atoms with Gasteiger partial charge in [-0.2, -0.15) is 16.9 Å². The fraction of sp³-hybridized carbons (Fsp3) is 0.562. The van der Waals surface area contributed by atoms with Crippen LogP contribution in [0.4, 0.5) is 0 Å². The molecule has 8 heteroatoms. The molecule has 3 heterocycles. The number of thiazole rings is 1. The Balaban J connectivity index is 1.43. The van der Waals surface area contributed by atoms with Crippen LogP contribution in [0.1, 0.15) is 34.9 Å². The van der Waals surface area contributed by atoms with E-state index in [1.165, 1.54) is 5.69 Å². The highest BCUT2D eigenvalue weighted by atomic mass is 32.2. The quantitative estimate of drug-likeness (QED) is 0.785. The molecule has 0 saturated heterocycles. The summed E-state index contributed by atoms with van der Waals surface area (Å²) >= 11 is 3.41. The summed E-state index contributed by atoms with van der Waals surface area (Å²) in [5.74, 6) is 0.981. The Morgan fingerprint density at radius 3 is 3.29 bits per heavy atom. The second-order valence-electron chi connectivity index (χ2n) is 5.82. The third-order valence-corrected chi connectivity index (χ3v) is 5.53. The van der Waals surface area contributed by atoms with Gasteiger partial charge in [-0.15, -0.1) is 11.3 Å². The maximum absolute atomic E-state index is 12.0. The topological polar surface area (TPSA) is 71.8 Å². The van der Waals surface area contributed by atoms with Crippen LogP contribution in [0.25, 0.3) is 0 Å². The highest BCUT2D eigenvalue weighted by Gasteiger charge is 2.12. The maximum atomic E-state index is 12.0. The van der Waals surface area contributed by atoms with Crippen LogP contribution in [0.15, 0.2) is 11.4 Å². The van der Waals surface area contributed by atoms with E-state index in [2.05, 4.69) is 37.7 Å². The summed E-state index contributed by atoms with van der Waals surface area (Å²) in [6.45, 7) is 3.36. The Labute approximate surface area is 150 Å². The number of hydrogen-bond acceptors (Lipinski definition) is 6. The molecule has 0 unspecified atom stereocenters. The summed E-state index contributed by atoms with van der Waals surface area (Å²) < 4.78 is 2.07. The molecule has 3 rings (SSSR count). The Morgan fingerprint density at radius 1 is 1.50 bits per heavy atom. The van der Waals surface area contributed by atoms with Crippen molar-refractivity contribution in [3.63, 3.8) is 0 Å². The minimum atomic E-state index is 0.0516. The predicted octanol–water partition coefficient (Wildman–Crippen LogP) is 1.94. The van der Waals surface area contributed by atoms with Gasteiger partial charge in [0.25, 0.3) is 0 Å². The molecule has 2 aromatic rings. The Bertz CT molecular complexity index is 658. The summed E-state index contributed by atoms with van der Waals surface area (Å²) in [5, 5.41) is 14.1. The molecule has 0 atom stereocenters. The highest BCUT2D eigenvalue weighted by Crippen LogP contribution is 2.15. The number of aryl methyl sites for hydroxylation is 2. The van der Waals surface area contributed by atoms with Crippen LogP contribution in [-0.4, -0.2) is 33.5 Å². The van der Waals surface area contributed by atoms with E-state index in [9.17, 15) is 4.79 Å². The number of thioether (sulfide) groups is 1. The number of nitrogens with one attached hydrogen (secondary N) is 2. The summed E-state index contributed by atoms with van der Waals surface area (Å²) in [6, 6.07) is 2.11. The Kier molecular flexibility index (Phi) is 6.28. The summed E-state index contributed by atoms with van der Waals surface area (Å²) in [4.78, 5) is 16.5. The van der Waals surface area contributed by atoms with Crippen molar-refractivity contribution in [2.75, 3.05) is 12.8 Å². The number of fused-ring (bicyclic) bond motifs is 1. The van der Waals surface area contributed by atoms with Gasteiger partial charge in [0.2, 0.25) is 5.91 Å². The van der Waals surface area contributed by atoms with E-state index in [0.29, 0.717) is 19.4 Å². The van der Waals surface area contributed by atoms with Crippen LogP contribution in [0, 0.1) is 0 Å². The molecule has 24 heavy (non-hydrogen) atoms. The molecule has 0 bridgehead atoms. The van der Waals surface area contributed by atoms with Crippen molar-refractivity contribution in [2.45, 2.75) is 44.6 Å². The SMILES string of the molecule is CSCc1nc(CNC(=O)CCc2cc3n(n2)CCCNC3)cs1. The maximum Gasteiger partial charge on any atom is 0.220 e. The number of aromatic nitrogens is 3. The second-order valence-corrected chi connectivity index (χ2v) is 7.63. The lowest BCUT2D eigenvalue weighted by atomic mass is 10.2. The van der Waals surface area contributed by atoms with Crippen molar-refractivity contribution in [2.24, 2.45) is 0 Å². The normalized spacial score (nSPS) is 14.2. The minimum Gasteiger partial charge on any atom is -0.350 e. The minimum absolute atomic E-state index is 0.0516. The molecule has 0 aliphatic carbocycles. The lowest BCUT2D eigenvalue weighted by Crippen LogP contribution is -2.23. The molecule has 1 aliphatic rings. The second kappa shape index (κ2) is 8.64. The van der Waals surface area contributed by atoms with E-state index in [-0.39, 0.29) is 5.91 Å². The number of amides is 1. The molecule has 0 spiro atoms. The predicted molar refractivity (Wildman–Crippen MR) is 98.1 cm³/mol. The van der Waals surface area contributed by atoms with Gasteiger partial charge < -0.3 is 10.6 Å². The molecule has 1 aliphatic heterocycles. The Hall–Kier alpha value is -1.38. The average molecular weight is 366 g/mol. The molecular formula is C16H23N5OS2. The molecule has 0 saturated carbocycles. The lowest BCUT2D eigenvalue weighted by Gasteiger charge is -2.02. The smallest absolute Gasteiger partial charge is 0.220 e. The Morgan fingerprint density at radius 2 is 2.42 bits per heavy atom. The zero-order valence-corrected chi connectivity index (χ0v) is 15.5. The van der Waals surface area contributed by atoms with Crippen LogP contribution in [0.2, 0.25) is 0 Å². The first-order valence-corrected chi connectivity index (χ1v) is 10.5. The highest BCUT2D eigenvalue weighted by molar-refractivity contribution is 7.97. The van der Waals surface area contributed by atoms with Crippen LogP contribution in [0.5, 0.6) is 0 Å². The van der Waals surface area contributed by atoms with Gasteiger partial charge in [-0.05, 0) is 25.3 Å². The van der Waals surface area contributed by atoms with Crippen LogP contribution in [0.3, 0.4) is 0 Å². The molecule has 0 aromatic carbocycles. The van der Waals surface area contributed by atoms with Crippen molar-refractivity contribution in [3.05, 3.63) is 33.5 Å². The number of nitrogens with zero attached hydrogens (tertiary/aromatic N) is 3. The van der Waals surface area contributed by atoms with Gasteiger partial charge in [-0.25, -0.2) is 4.98 Å². The van der Waals surface area contributed by atoms with Crippen molar-refractivity contribution >= 4 is 29.0 Å². The van der Waals surface area contributed by atoms with Gasteiger partial charge in [-0.1, -0.05) is 0 Å². The molecule has 130 valence electrons. The van der Waals surface area contributed by atoms with E-state index >= 15 is 0 Å². The van der Waals surface area contributed by atoms with Crippen LogP contribution in [-0.2, 0) is 36.6 Å². The zero-order valence-electron chi connectivity index (χ0n) is 13.9. The summed E-state index contributed by atoms with van der Waals surface area (Å²) in [5.41, 5.74) is 3.16. The van der Waals surface area contributed by atoms with Gasteiger partial charge in [0.15, 0.2) is 0 Å². The number of carbonyl (C=O) groups excluding carboxylic acids is 1. The van der Waals surface area contributed by atoms with E-state index in [1.54, 1.807) is 23.1 Å². The van der Waals surface area contributed by atoms with E-state index < -0.39 is 0 Å². The molecule has 6 nitrogen and oxygen atoms in total. The van der Waals surface area contributed by atoms with Gasteiger partial charge in [0, 0.05) is 37.1 Å². The number of hydrogen-bond donors (Lipinski definition) is 2. The lowest BCUT2D eigenvalue weighted by molar-refractivity contribution is -0.121. The van der Waals surface area contributed by atoms with Crippen LogP contribution < -0.4 is 10.6 Å². The molecule has 1 amide bonds. The number of carbonyl (C=O) groups is 1. The zero-order chi connectivity index (χ0) is 16.8. The molecule has 0 radical (unpaired) electrons. The average Bonchev–Trinajstić information content (AvgIpc) is 3.13. The number of rotatable bonds is 7. The van der Waals surface area contributed by atoms with E-state index in [0.717, 1.165) is 48.2 Å². The van der Waals surface area contributed by atoms with Crippen molar-refractivity contribution in [3.8, 4) is 0 Å². The summed E-state index contributed by atoms with van der Waals surface area (Å²) in [7, 11) is 0. The van der Waals surface area contributed by atoms with E-state index in [4.69, 9.17) is 0 Å². The van der Waals surface area contributed by atoms with Crippen molar-refractivity contribution in [1.29, 1.82) is 0 Å². The van der Waals surface area contributed by atoms with Crippen LogP contribution >= 0.6 is 23.1 Å². The third-order valence-electron chi connectivity index (χ3n) is 3.89. The standard InChI is InChI=1S/C16H23N5OS2/c1-23-11-16-19-13(10-24-16)8-18-15(22)4-3-12-7-14-9-17-5-2-6-21(14)20-12/h7,10,17H,2-6,8-9,11H2,1H3,(H,18,22). The largest absolute Gasteiger partial charge is 0.350 e. The van der Waals surface area contributed by atoms with Gasteiger partial charge in [0.1, 0.15) is 5.01 Å². The first-order valence-electron chi connectivity index (χ1n) is 8.20. The molecular weight excluding hydrogens is 342 g/mol. The molecule has 2 aromatic heterocycles. The fourth-order valence-electron chi connectivity index (χ4n) is 2.68.